The van der Waals surface area contributed by atoms with E-state index in [1.807, 2.05) is 22.7 Å². The van der Waals surface area contributed by atoms with Crippen molar-refractivity contribution < 1.29 is 0 Å². The van der Waals surface area contributed by atoms with Gasteiger partial charge < -0.3 is 4.98 Å². The second-order valence-electron chi connectivity index (χ2n) is 14.6. The summed E-state index contributed by atoms with van der Waals surface area (Å²) in [6.07, 6.45) is 5.77. The van der Waals surface area contributed by atoms with Crippen molar-refractivity contribution in [3.63, 3.8) is 0 Å². The molecule has 1 aliphatic carbocycles. The van der Waals surface area contributed by atoms with Crippen LogP contribution < -0.4 is 0 Å². The van der Waals surface area contributed by atoms with Gasteiger partial charge in [0, 0.05) is 62.9 Å². The highest BCUT2D eigenvalue weighted by atomic mass is 32.1. The van der Waals surface area contributed by atoms with Crippen LogP contribution in [0.25, 0.3) is 91.5 Å². The van der Waals surface area contributed by atoms with Crippen molar-refractivity contribution in [2.75, 3.05) is 0 Å². The lowest BCUT2D eigenvalue weighted by atomic mass is 9.87. The summed E-state index contributed by atoms with van der Waals surface area (Å²) in [7, 11) is 0. The Hall–Kier alpha value is -5.74. The van der Waals surface area contributed by atoms with E-state index in [0.717, 1.165) is 6.42 Å². The molecule has 3 heteroatoms. The van der Waals surface area contributed by atoms with Crippen molar-refractivity contribution in [3.05, 3.63) is 173 Å². The molecule has 10 aromatic rings. The van der Waals surface area contributed by atoms with Gasteiger partial charge >= 0.3 is 0 Å². The van der Waals surface area contributed by atoms with Crippen molar-refractivity contribution in [1.29, 1.82) is 0 Å². The van der Waals surface area contributed by atoms with Gasteiger partial charge in [0.1, 0.15) is 0 Å². The summed E-state index contributed by atoms with van der Waals surface area (Å²) >= 11 is 3.90. The highest BCUT2D eigenvalue weighted by Gasteiger charge is 2.25. The first-order valence-electron chi connectivity index (χ1n) is 18.4. The Morgan fingerprint density at radius 2 is 1.00 bits per heavy atom. The standard InChI is InChI=1S/C50H35NS2/c1-29-15-19-31(20-16-29)35-7-3-11-39-41-13-5-9-37(49(41)52-47(35)39)33-23-25-45-43(27-33)44-28-34(24-26-46(44)51-45)38-10-6-14-42-40-12-4-8-36(48(40)53-50(38)42)32-21-17-30(2)18-22-32/h3-7,9-28,36,51H,8H2,1-2H3. The lowest BCUT2D eigenvalue weighted by molar-refractivity contribution is 0.839. The fourth-order valence-corrected chi connectivity index (χ4v) is 11.4. The number of fused-ring (bicyclic) bond motifs is 9. The molecule has 0 bridgehead atoms. The minimum atomic E-state index is 0.398. The highest BCUT2D eigenvalue weighted by Crippen LogP contribution is 2.48. The lowest BCUT2D eigenvalue weighted by Crippen LogP contribution is -2.02. The number of nitrogens with one attached hydrogen (secondary N) is 1. The van der Waals surface area contributed by atoms with E-state index in [4.69, 9.17) is 0 Å². The van der Waals surface area contributed by atoms with Gasteiger partial charge in [-0.05, 0) is 89.0 Å². The quantitative estimate of drug-likeness (QED) is 0.187. The zero-order valence-electron chi connectivity index (χ0n) is 29.5. The van der Waals surface area contributed by atoms with Crippen LogP contribution >= 0.6 is 22.7 Å². The number of aromatic nitrogens is 1. The molecule has 0 saturated carbocycles. The summed E-state index contributed by atoms with van der Waals surface area (Å²) in [5.41, 5.74) is 15.4. The predicted octanol–water partition coefficient (Wildman–Crippen LogP) is 15.1. The maximum atomic E-state index is 3.72. The largest absolute Gasteiger partial charge is 0.355 e. The Labute approximate surface area is 316 Å². The molecule has 0 spiro atoms. The minimum absolute atomic E-state index is 0.398. The van der Waals surface area contributed by atoms with Crippen LogP contribution in [0.1, 0.15) is 39.5 Å². The topological polar surface area (TPSA) is 15.8 Å². The Bertz CT molecular complexity index is 3090. The first kappa shape index (κ1) is 30.8. The summed E-state index contributed by atoms with van der Waals surface area (Å²) in [5, 5.41) is 6.54. The van der Waals surface area contributed by atoms with Gasteiger partial charge in [-0.25, -0.2) is 0 Å². The van der Waals surface area contributed by atoms with Crippen LogP contribution in [-0.2, 0) is 0 Å². The second-order valence-corrected chi connectivity index (χ2v) is 16.7. The average molecular weight is 714 g/mol. The van der Waals surface area contributed by atoms with Crippen LogP contribution in [0.15, 0.2) is 146 Å². The number of hydrogen-bond donors (Lipinski definition) is 1. The van der Waals surface area contributed by atoms with Crippen molar-refractivity contribution >= 4 is 80.8 Å². The van der Waals surface area contributed by atoms with E-state index in [2.05, 4.69) is 171 Å². The number of hydrogen-bond acceptors (Lipinski definition) is 2. The summed E-state index contributed by atoms with van der Waals surface area (Å²) in [6.45, 7) is 4.32. The van der Waals surface area contributed by atoms with Crippen molar-refractivity contribution in [2.45, 2.75) is 26.2 Å². The summed E-state index contributed by atoms with van der Waals surface area (Å²) in [5.74, 6) is 0.398. The van der Waals surface area contributed by atoms with Gasteiger partial charge in [0.2, 0.25) is 0 Å². The van der Waals surface area contributed by atoms with Crippen LogP contribution in [0.2, 0.25) is 0 Å². The van der Waals surface area contributed by atoms with Crippen LogP contribution in [0, 0.1) is 13.8 Å². The van der Waals surface area contributed by atoms with Crippen molar-refractivity contribution in [1.82, 2.24) is 4.98 Å². The minimum Gasteiger partial charge on any atom is -0.355 e. The van der Waals surface area contributed by atoms with Gasteiger partial charge in [-0.2, -0.15) is 0 Å². The third-order valence-corrected chi connectivity index (χ3v) is 14.0. The Morgan fingerprint density at radius 3 is 1.60 bits per heavy atom. The lowest BCUT2D eigenvalue weighted by Gasteiger charge is -2.19. The van der Waals surface area contributed by atoms with Crippen LogP contribution in [0.4, 0.5) is 0 Å². The van der Waals surface area contributed by atoms with E-state index >= 15 is 0 Å². The summed E-state index contributed by atoms with van der Waals surface area (Å²) in [6, 6.07) is 52.4. The van der Waals surface area contributed by atoms with E-state index in [1.165, 1.54) is 113 Å². The number of rotatable bonds is 4. The molecule has 0 saturated heterocycles. The number of aryl methyl sites for hydroxylation is 2. The van der Waals surface area contributed by atoms with Crippen LogP contribution in [-0.4, -0.2) is 4.98 Å². The molecule has 1 aliphatic rings. The summed E-state index contributed by atoms with van der Waals surface area (Å²) < 4.78 is 4.07. The number of thiophene rings is 2. The smallest absolute Gasteiger partial charge is 0.0465 e. The fraction of sp³-hybridized carbons (Fsp3) is 0.0800. The van der Waals surface area contributed by atoms with Crippen LogP contribution in [0.3, 0.4) is 0 Å². The molecule has 11 rings (SSSR count). The van der Waals surface area contributed by atoms with E-state index in [-0.39, 0.29) is 0 Å². The van der Waals surface area contributed by atoms with Gasteiger partial charge in [-0.1, -0.05) is 139 Å². The predicted molar refractivity (Wildman–Crippen MR) is 232 cm³/mol. The SMILES string of the molecule is Cc1ccc(-c2cccc3c2sc2c(-c4ccc5[nH]c6ccc(-c7cccc8c9c(sc78)C(c7ccc(C)cc7)CC=C9)cc6c5c4)cccc23)cc1. The van der Waals surface area contributed by atoms with Crippen molar-refractivity contribution in [3.8, 4) is 33.4 Å². The molecule has 3 aromatic heterocycles. The molecule has 53 heavy (non-hydrogen) atoms. The Balaban J connectivity index is 1.04. The van der Waals surface area contributed by atoms with Gasteiger partial charge in [-0.15, -0.1) is 22.7 Å². The third-order valence-electron chi connectivity index (χ3n) is 11.3. The Kier molecular flexibility index (Phi) is 6.92. The average Bonchev–Trinajstić information content (AvgIpc) is 3.89. The first-order valence-corrected chi connectivity index (χ1v) is 20.1. The van der Waals surface area contributed by atoms with E-state index < -0.39 is 0 Å². The van der Waals surface area contributed by atoms with Crippen LogP contribution in [0.5, 0.6) is 0 Å². The molecule has 7 aromatic carbocycles. The van der Waals surface area contributed by atoms with Gasteiger partial charge in [-0.3, -0.25) is 0 Å². The zero-order valence-corrected chi connectivity index (χ0v) is 31.2. The van der Waals surface area contributed by atoms with Gasteiger partial charge in [0.25, 0.3) is 0 Å². The molecule has 0 fully saturated rings. The monoisotopic (exact) mass is 713 g/mol. The van der Waals surface area contributed by atoms with E-state index in [0.29, 0.717) is 5.92 Å². The molecule has 0 aliphatic heterocycles. The maximum Gasteiger partial charge on any atom is 0.0465 e. The number of aromatic amines is 1. The molecule has 1 atom stereocenters. The van der Waals surface area contributed by atoms with Crippen molar-refractivity contribution in [2.24, 2.45) is 0 Å². The summed E-state index contributed by atoms with van der Waals surface area (Å²) in [4.78, 5) is 5.21. The first-order chi connectivity index (χ1) is 26.1. The molecule has 1 N–H and O–H groups in total. The molecule has 252 valence electrons. The normalized spacial score (nSPS) is 14.3. The molecule has 1 unspecified atom stereocenters. The molecule has 0 amide bonds. The molecule has 0 radical (unpaired) electrons. The van der Waals surface area contributed by atoms with E-state index in [1.54, 1.807) is 0 Å². The molecule has 1 nitrogen and oxygen atoms in total. The zero-order chi connectivity index (χ0) is 35.2. The second kappa shape index (κ2) is 11.9. The molecular formula is C50H35NS2. The number of allylic oxidation sites excluding steroid dienone is 1. The van der Waals surface area contributed by atoms with E-state index in [9.17, 15) is 0 Å². The maximum absolute atomic E-state index is 3.72. The third kappa shape index (κ3) is 4.88. The molecular weight excluding hydrogens is 679 g/mol. The fourth-order valence-electron chi connectivity index (χ4n) is 8.57. The number of benzene rings is 7. The Morgan fingerprint density at radius 1 is 0.491 bits per heavy atom. The van der Waals surface area contributed by atoms with Gasteiger partial charge in [0.15, 0.2) is 0 Å². The highest BCUT2D eigenvalue weighted by molar-refractivity contribution is 7.27. The number of H-pyrrole nitrogens is 1. The molecule has 3 heterocycles. The van der Waals surface area contributed by atoms with Gasteiger partial charge in [0.05, 0.1) is 0 Å².